The molecule has 1 aromatic rings. The van der Waals surface area contributed by atoms with E-state index in [9.17, 15) is 13.6 Å². The van der Waals surface area contributed by atoms with E-state index < -0.39 is 11.6 Å². The van der Waals surface area contributed by atoms with E-state index in [-0.39, 0.29) is 18.1 Å². The highest BCUT2D eigenvalue weighted by Crippen LogP contribution is 2.19. The third kappa shape index (κ3) is 3.50. The lowest BCUT2D eigenvalue weighted by atomic mass is 10.0. The molecule has 0 radical (unpaired) electrons. The van der Waals surface area contributed by atoms with E-state index in [0.29, 0.717) is 6.04 Å². The number of carbonyl (C=O) groups excluding carboxylic acids is 1. The first kappa shape index (κ1) is 13.9. The van der Waals surface area contributed by atoms with E-state index in [1.165, 1.54) is 12.5 Å². The summed E-state index contributed by atoms with van der Waals surface area (Å²) in [7, 11) is 0. The predicted octanol–water partition coefficient (Wildman–Crippen LogP) is 2.78. The van der Waals surface area contributed by atoms with Gasteiger partial charge >= 0.3 is 0 Å². The minimum Gasteiger partial charge on any atom is -0.320 e. The second-order valence-electron chi connectivity index (χ2n) is 4.96. The summed E-state index contributed by atoms with van der Waals surface area (Å²) in [6, 6.07) is 3.86. The molecule has 104 valence electrons. The fourth-order valence-corrected chi connectivity index (χ4v) is 2.37. The zero-order valence-electron chi connectivity index (χ0n) is 11.0. The van der Waals surface area contributed by atoms with Crippen molar-refractivity contribution < 1.29 is 13.6 Å². The monoisotopic (exact) mass is 268 g/mol. The van der Waals surface area contributed by atoms with E-state index >= 15 is 0 Å². The van der Waals surface area contributed by atoms with Gasteiger partial charge in [-0.25, -0.2) is 8.78 Å². The highest BCUT2D eigenvalue weighted by Gasteiger charge is 2.21. The maximum absolute atomic E-state index is 13.4. The molecule has 1 amide bonds. The quantitative estimate of drug-likeness (QED) is 0.914. The lowest BCUT2D eigenvalue weighted by Gasteiger charge is -2.32. The van der Waals surface area contributed by atoms with Crippen LogP contribution in [-0.4, -0.2) is 29.9 Å². The molecule has 1 saturated heterocycles. The number of anilines is 1. The van der Waals surface area contributed by atoms with Gasteiger partial charge in [-0.05, 0) is 38.4 Å². The molecule has 0 spiro atoms. The Morgan fingerprint density at radius 3 is 2.68 bits per heavy atom. The van der Waals surface area contributed by atoms with Gasteiger partial charge in [-0.15, -0.1) is 0 Å². The molecule has 1 heterocycles. The maximum atomic E-state index is 13.4. The average molecular weight is 268 g/mol. The number of likely N-dealkylation sites (tertiary alicyclic amines) is 1. The van der Waals surface area contributed by atoms with Gasteiger partial charge in [-0.2, -0.15) is 0 Å². The first-order valence-corrected chi connectivity index (χ1v) is 6.56. The zero-order valence-corrected chi connectivity index (χ0v) is 11.0. The van der Waals surface area contributed by atoms with E-state index in [2.05, 4.69) is 12.2 Å². The second-order valence-corrected chi connectivity index (χ2v) is 4.96. The number of hydrogen-bond donors (Lipinski definition) is 1. The van der Waals surface area contributed by atoms with Crippen LogP contribution in [0.25, 0.3) is 0 Å². The van der Waals surface area contributed by atoms with Crippen LogP contribution in [0.15, 0.2) is 18.2 Å². The minimum atomic E-state index is -0.750. The number of hydrogen-bond acceptors (Lipinski definition) is 2. The molecule has 0 saturated carbocycles. The molecule has 0 aromatic heterocycles. The number of halogens is 2. The van der Waals surface area contributed by atoms with E-state index in [1.807, 2.05) is 4.90 Å². The van der Waals surface area contributed by atoms with E-state index in [0.717, 1.165) is 31.5 Å². The van der Waals surface area contributed by atoms with Crippen molar-refractivity contribution in [3.05, 3.63) is 29.8 Å². The maximum Gasteiger partial charge on any atom is 0.238 e. The number of nitrogens with zero attached hydrogens (tertiary/aromatic N) is 1. The molecule has 19 heavy (non-hydrogen) atoms. The molecule has 1 aliphatic heterocycles. The van der Waals surface area contributed by atoms with Crippen molar-refractivity contribution in [2.24, 2.45) is 0 Å². The summed E-state index contributed by atoms with van der Waals surface area (Å²) in [5, 5.41) is 2.32. The Balaban J connectivity index is 1.97. The van der Waals surface area contributed by atoms with Crippen molar-refractivity contribution in [3.8, 4) is 0 Å². The summed E-state index contributed by atoms with van der Waals surface area (Å²) in [5.74, 6) is -1.88. The fraction of sp³-hybridized carbons (Fsp3) is 0.500. The molecule has 2 rings (SSSR count). The zero-order chi connectivity index (χ0) is 13.8. The Labute approximate surface area is 111 Å². The van der Waals surface area contributed by atoms with Crippen molar-refractivity contribution in [2.75, 3.05) is 18.4 Å². The molecule has 0 bridgehead atoms. The van der Waals surface area contributed by atoms with Gasteiger partial charge in [0.05, 0.1) is 6.54 Å². The van der Waals surface area contributed by atoms with Crippen LogP contribution in [-0.2, 0) is 4.79 Å². The summed E-state index contributed by atoms with van der Waals surface area (Å²) in [6.45, 7) is 3.10. The van der Waals surface area contributed by atoms with Crippen LogP contribution in [0.4, 0.5) is 14.5 Å². The standard InChI is InChI=1S/C14H18F2N2O/c1-10-5-2-3-8-18(10)9-13(19)17-14-11(15)6-4-7-12(14)16/h4,6-7,10H,2-3,5,8-9H2,1H3,(H,17,19)/t10-/m1/s1. The lowest BCUT2D eigenvalue weighted by molar-refractivity contribution is -0.118. The van der Waals surface area contributed by atoms with Crippen LogP contribution in [0.2, 0.25) is 0 Å². The van der Waals surface area contributed by atoms with Crippen molar-refractivity contribution in [2.45, 2.75) is 32.2 Å². The number of para-hydroxylation sites is 1. The third-order valence-electron chi connectivity index (χ3n) is 3.51. The van der Waals surface area contributed by atoms with Crippen LogP contribution in [0.3, 0.4) is 0 Å². The molecule has 1 fully saturated rings. The third-order valence-corrected chi connectivity index (χ3v) is 3.51. The largest absolute Gasteiger partial charge is 0.320 e. The smallest absolute Gasteiger partial charge is 0.238 e. The molecule has 3 nitrogen and oxygen atoms in total. The van der Waals surface area contributed by atoms with E-state index in [4.69, 9.17) is 0 Å². The molecule has 1 atom stereocenters. The summed E-state index contributed by atoms with van der Waals surface area (Å²) in [6.07, 6.45) is 3.29. The molecular weight excluding hydrogens is 250 g/mol. The highest BCUT2D eigenvalue weighted by molar-refractivity contribution is 5.92. The second kappa shape index (κ2) is 6.10. The summed E-state index contributed by atoms with van der Waals surface area (Å²) in [4.78, 5) is 13.9. The minimum absolute atomic E-state index is 0.176. The number of rotatable bonds is 3. The summed E-state index contributed by atoms with van der Waals surface area (Å²) >= 11 is 0. The Morgan fingerprint density at radius 1 is 1.37 bits per heavy atom. The van der Waals surface area contributed by atoms with Crippen LogP contribution < -0.4 is 5.32 Å². The Bertz CT molecular complexity index is 445. The predicted molar refractivity (Wildman–Crippen MR) is 69.9 cm³/mol. The Morgan fingerprint density at radius 2 is 2.05 bits per heavy atom. The van der Waals surface area contributed by atoms with Crippen molar-refractivity contribution >= 4 is 11.6 Å². The van der Waals surface area contributed by atoms with Gasteiger partial charge in [0.2, 0.25) is 5.91 Å². The molecular formula is C14H18F2N2O. The van der Waals surface area contributed by atoms with Gasteiger partial charge in [0, 0.05) is 6.04 Å². The summed E-state index contributed by atoms with van der Waals surface area (Å²) < 4.78 is 26.8. The number of amides is 1. The van der Waals surface area contributed by atoms with Gasteiger partial charge in [0.25, 0.3) is 0 Å². The lowest BCUT2D eigenvalue weighted by Crippen LogP contribution is -2.42. The molecule has 0 aliphatic carbocycles. The first-order chi connectivity index (χ1) is 9.08. The number of piperidine rings is 1. The van der Waals surface area contributed by atoms with Gasteiger partial charge in [0.1, 0.15) is 17.3 Å². The van der Waals surface area contributed by atoms with Gasteiger partial charge < -0.3 is 5.32 Å². The fourth-order valence-electron chi connectivity index (χ4n) is 2.37. The number of nitrogens with one attached hydrogen (secondary N) is 1. The highest BCUT2D eigenvalue weighted by atomic mass is 19.1. The van der Waals surface area contributed by atoms with Crippen LogP contribution in [0, 0.1) is 11.6 Å². The van der Waals surface area contributed by atoms with Crippen LogP contribution in [0.1, 0.15) is 26.2 Å². The van der Waals surface area contributed by atoms with Crippen LogP contribution in [0.5, 0.6) is 0 Å². The summed E-state index contributed by atoms with van der Waals surface area (Å²) in [5.41, 5.74) is -0.364. The molecule has 1 aliphatic rings. The molecule has 5 heteroatoms. The van der Waals surface area contributed by atoms with Crippen molar-refractivity contribution in [1.82, 2.24) is 4.90 Å². The molecule has 1 aromatic carbocycles. The van der Waals surface area contributed by atoms with Crippen LogP contribution >= 0.6 is 0 Å². The number of carbonyl (C=O) groups is 1. The Hall–Kier alpha value is -1.49. The van der Waals surface area contributed by atoms with Gasteiger partial charge in [0.15, 0.2) is 0 Å². The number of benzene rings is 1. The van der Waals surface area contributed by atoms with E-state index in [1.54, 1.807) is 0 Å². The topological polar surface area (TPSA) is 32.3 Å². The average Bonchev–Trinajstić information content (AvgIpc) is 2.37. The Kier molecular flexibility index (Phi) is 4.47. The van der Waals surface area contributed by atoms with Crippen molar-refractivity contribution in [3.63, 3.8) is 0 Å². The van der Waals surface area contributed by atoms with Gasteiger partial charge in [-0.3, -0.25) is 9.69 Å². The molecule has 1 N–H and O–H groups in total. The normalized spacial score (nSPS) is 20.3. The first-order valence-electron chi connectivity index (χ1n) is 6.56. The van der Waals surface area contributed by atoms with Crippen molar-refractivity contribution in [1.29, 1.82) is 0 Å². The molecule has 0 unspecified atom stereocenters. The SMILES string of the molecule is C[C@@H]1CCCCN1CC(=O)Nc1c(F)cccc1F. The van der Waals surface area contributed by atoms with Gasteiger partial charge in [-0.1, -0.05) is 12.5 Å².